The highest BCUT2D eigenvalue weighted by atomic mass is 79.9. The van der Waals surface area contributed by atoms with Crippen LogP contribution in [0, 0.1) is 6.92 Å². The predicted molar refractivity (Wildman–Crippen MR) is 83.2 cm³/mol. The first-order chi connectivity index (χ1) is 9.67. The fourth-order valence-electron chi connectivity index (χ4n) is 2.81. The van der Waals surface area contributed by atoms with Crippen LogP contribution in [0.1, 0.15) is 54.4 Å². The molecule has 0 radical (unpaired) electrons. The number of aryl methyl sites for hydroxylation is 2. The molecule has 1 unspecified atom stereocenters. The van der Waals surface area contributed by atoms with Crippen molar-refractivity contribution in [1.82, 2.24) is 15.1 Å². The molecular formula is C15H22BrN3O. The van der Waals surface area contributed by atoms with Crippen LogP contribution in [0.15, 0.2) is 6.07 Å². The van der Waals surface area contributed by atoms with Gasteiger partial charge in [0.15, 0.2) is 0 Å². The topological polar surface area (TPSA) is 46.1 Å². The fraction of sp³-hybridized carbons (Fsp3) is 0.667. The Morgan fingerprint density at radius 1 is 1.45 bits per heavy atom. The molecule has 0 aliphatic carbocycles. The van der Waals surface area contributed by atoms with Gasteiger partial charge in [0.05, 0.1) is 17.0 Å². The predicted octanol–water partition coefficient (Wildman–Crippen LogP) is 3.13. The maximum atomic E-state index is 12.9. The molecule has 4 nitrogen and oxygen atoms in total. The number of alkyl halides is 1. The van der Waals surface area contributed by atoms with E-state index in [0.29, 0.717) is 6.04 Å². The van der Waals surface area contributed by atoms with Crippen molar-refractivity contribution in [1.29, 1.82) is 0 Å². The number of aromatic nitrogens is 2. The number of halogens is 1. The van der Waals surface area contributed by atoms with Crippen molar-refractivity contribution in [2.45, 2.75) is 52.0 Å². The lowest BCUT2D eigenvalue weighted by molar-refractivity contribution is 0.0608. The van der Waals surface area contributed by atoms with E-state index < -0.39 is 0 Å². The van der Waals surface area contributed by atoms with Gasteiger partial charge in [-0.05, 0) is 45.1 Å². The largest absolute Gasteiger partial charge is 0.336 e. The molecule has 0 N–H and O–H groups in total. The van der Waals surface area contributed by atoms with Crippen molar-refractivity contribution < 1.29 is 4.79 Å². The minimum absolute atomic E-state index is 0.130. The van der Waals surface area contributed by atoms with Crippen molar-refractivity contribution in [3.05, 3.63) is 23.0 Å². The highest BCUT2D eigenvalue weighted by Crippen LogP contribution is 2.23. The molecule has 1 aromatic rings. The second-order valence-electron chi connectivity index (χ2n) is 5.33. The Balaban J connectivity index is 2.26. The van der Waals surface area contributed by atoms with E-state index >= 15 is 0 Å². The van der Waals surface area contributed by atoms with Crippen molar-refractivity contribution in [3.63, 3.8) is 0 Å². The number of amides is 1. The van der Waals surface area contributed by atoms with Crippen LogP contribution in [0.5, 0.6) is 0 Å². The van der Waals surface area contributed by atoms with E-state index in [2.05, 4.69) is 26.1 Å². The molecular weight excluding hydrogens is 318 g/mol. The maximum absolute atomic E-state index is 12.9. The molecule has 0 spiro atoms. The number of carbonyl (C=O) groups is 1. The number of carbonyl (C=O) groups excluding carboxylic acids is 1. The molecule has 1 saturated heterocycles. The van der Waals surface area contributed by atoms with Crippen LogP contribution in [0.3, 0.4) is 0 Å². The van der Waals surface area contributed by atoms with Crippen LogP contribution >= 0.6 is 15.9 Å². The summed E-state index contributed by atoms with van der Waals surface area (Å²) < 4.78 is 0. The summed E-state index contributed by atoms with van der Waals surface area (Å²) >= 11 is 3.50. The summed E-state index contributed by atoms with van der Waals surface area (Å²) in [7, 11) is 0. The molecule has 0 bridgehead atoms. The first kappa shape index (κ1) is 15.4. The Hall–Kier alpha value is -0.970. The van der Waals surface area contributed by atoms with Gasteiger partial charge in [0.25, 0.3) is 5.91 Å². The van der Waals surface area contributed by atoms with Gasteiger partial charge < -0.3 is 4.90 Å². The quantitative estimate of drug-likeness (QED) is 0.791. The summed E-state index contributed by atoms with van der Waals surface area (Å²) in [4.78, 5) is 14.9. The minimum atomic E-state index is 0.130. The number of nitrogens with zero attached hydrogens (tertiary/aromatic N) is 3. The van der Waals surface area contributed by atoms with Crippen molar-refractivity contribution in [2.24, 2.45) is 0 Å². The third-order valence-corrected chi connectivity index (χ3v) is 4.35. The van der Waals surface area contributed by atoms with E-state index in [1.807, 2.05) is 24.8 Å². The number of hydrogen-bond donors (Lipinski definition) is 0. The molecule has 0 aromatic carbocycles. The van der Waals surface area contributed by atoms with Crippen LogP contribution < -0.4 is 0 Å². The van der Waals surface area contributed by atoms with Gasteiger partial charge in [-0.3, -0.25) is 4.79 Å². The summed E-state index contributed by atoms with van der Waals surface area (Å²) in [6.07, 6.45) is 5.19. The molecule has 1 fully saturated rings. The second-order valence-corrected chi connectivity index (χ2v) is 6.12. The minimum Gasteiger partial charge on any atom is -0.336 e. The van der Waals surface area contributed by atoms with Crippen molar-refractivity contribution in [2.75, 3.05) is 11.9 Å². The zero-order chi connectivity index (χ0) is 14.5. The first-order valence-electron chi connectivity index (χ1n) is 7.37. The van der Waals surface area contributed by atoms with Gasteiger partial charge in [0.2, 0.25) is 0 Å². The van der Waals surface area contributed by atoms with Crippen molar-refractivity contribution >= 4 is 21.8 Å². The molecule has 1 aliphatic rings. The Labute approximate surface area is 129 Å². The third-order valence-electron chi connectivity index (χ3n) is 3.89. The molecule has 1 amide bonds. The van der Waals surface area contributed by atoms with Crippen molar-refractivity contribution in [3.8, 4) is 0 Å². The zero-order valence-corrected chi connectivity index (χ0v) is 13.8. The number of piperidine rings is 1. The van der Waals surface area contributed by atoms with Crippen LogP contribution in [-0.2, 0) is 6.42 Å². The van der Waals surface area contributed by atoms with Gasteiger partial charge >= 0.3 is 0 Å². The molecule has 1 aromatic heterocycles. The van der Waals surface area contributed by atoms with Crippen LogP contribution in [0.2, 0.25) is 0 Å². The van der Waals surface area contributed by atoms with Gasteiger partial charge in [0, 0.05) is 17.9 Å². The van der Waals surface area contributed by atoms with Crippen LogP contribution in [0.25, 0.3) is 0 Å². The normalized spacial score (nSPS) is 19.1. The van der Waals surface area contributed by atoms with Gasteiger partial charge in [0.1, 0.15) is 0 Å². The smallest absolute Gasteiger partial charge is 0.256 e. The number of likely N-dealkylation sites (tertiary alicyclic amines) is 1. The molecule has 1 aliphatic heterocycles. The van der Waals surface area contributed by atoms with Gasteiger partial charge in [-0.15, -0.1) is 0 Å². The lowest BCUT2D eigenvalue weighted by atomic mass is 9.98. The zero-order valence-electron chi connectivity index (χ0n) is 12.2. The fourth-order valence-corrected chi connectivity index (χ4v) is 3.34. The highest BCUT2D eigenvalue weighted by Gasteiger charge is 2.28. The Morgan fingerprint density at radius 2 is 2.25 bits per heavy atom. The maximum Gasteiger partial charge on any atom is 0.256 e. The lowest BCUT2D eigenvalue weighted by Gasteiger charge is -2.36. The second kappa shape index (κ2) is 7.16. The Kier molecular flexibility index (Phi) is 5.52. The van der Waals surface area contributed by atoms with Gasteiger partial charge in [-0.2, -0.15) is 10.2 Å². The number of hydrogen-bond acceptors (Lipinski definition) is 3. The SMILES string of the molecule is CCc1nnc(C)cc1C(=O)N1CCCCC1CCBr. The van der Waals surface area contributed by atoms with E-state index in [9.17, 15) is 4.79 Å². The summed E-state index contributed by atoms with van der Waals surface area (Å²) in [6, 6.07) is 2.24. The summed E-state index contributed by atoms with van der Waals surface area (Å²) in [5.74, 6) is 0.130. The lowest BCUT2D eigenvalue weighted by Crippen LogP contribution is -2.44. The Morgan fingerprint density at radius 3 is 2.95 bits per heavy atom. The van der Waals surface area contributed by atoms with Gasteiger partial charge in [-0.25, -0.2) is 0 Å². The first-order valence-corrected chi connectivity index (χ1v) is 8.49. The highest BCUT2D eigenvalue weighted by molar-refractivity contribution is 9.09. The average molecular weight is 340 g/mol. The van der Waals surface area contributed by atoms with E-state index in [1.165, 1.54) is 6.42 Å². The molecule has 20 heavy (non-hydrogen) atoms. The third kappa shape index (κ3) is 3.37. The van der Waals surface area contributed by atoms with Gasteiger partial charge in [-0.1, -0.05) is 22.9 Å². The Bertz CT molecular complexity index is 476. The van der Waals surface area contributed by atoms with E-state index in [1.54, 1.807) is 0 Å². The summed E-state index contributed by atoms with van der Waals surface area (Å²) in [6.45, 7) is 4.76. The molecule has 0 saturated carbocycles. The monoisotopic (exact) mass is 339 g/mol. The molecule has 2 heterocycles. The molecule has 5 heteroatoms. The molecule has 2 rings (SSSR count). The molecule has 1 atom stereocenters. The number of rotatable bonds is 4. The summed E-state index contributed by atoms with van der Waals surface area (Å²) in [5.41, 5.74) is 2.35. The average Bonchev–Trinajstić information content (AvgIpc) is 2.47. The van der Waals surface area contributed by atoms with Crippen LogP contribution in [-0.4, -0.2) is 38.9 Å². The van der Waals surface area contributed by atoms with E-state index in [-0.39, 0.29) is 5.91 Å². The van der Waals surface area contributed by atoms with E-state index in [0.717, 1.165) is 54.5 Å². The van der Waals surface area contributed by atoms with Crippen LogP contribution in [0.4, 0.5) is 0 Å². The van der Waals surface area contributed by atoms with E-state index in [4.69, 9.17) is 0 Å². The standard InChI is InChI=1S/C15H22BrN3O/c1-3-14-13(10-11(2)17-18-14)15(20)19-9-5-4-6-12(19)7-8-16/h10,12H,3-9H2,1-2H3. The summed E-state index contributed by atoms with van der Waals surface area (Å²) in [5, 5.41) is 9.18. The molecule has 110 valence electrons.